The van der Waals surface area contributed by atoms with Gasteiger partial charge >= 0.3 is 0 Å². The van der Waals surface area contributed by atoms with Gasteiger partial charge in [-0.25, -0.2) is 0 Å². The van der Waals surface area contributed by atoms with Gasteiger partial charge in [0.2, 0.25) is 5.91 Å². The highest BCUT2D eigenvalue weighted by Crippen LogP contribution is 2.25. The number of phenolic OH excluding ortho intramolecular Hbond substituents is 2. The Morgan fingerprint density at radius 1 is 0.821 bits per heavy atom. The maximum Gasteiger partial charge on any atom is 0.246 e. The van der Waals surface area contributed by atoms with Crippen LogP contribution in [-0.4, -0.2) is 35.1 Å². The molecule has 0 radical (unpaired) electrons. The number of aromatic hydroxyl groups is 2. The van der Waals surface area contributed by atoms with Crippen molar-refractivity contribution in [3.05, 3.63) is 83.9 Å². The number of para-hydroxylation sites is 4. The smallest absolute Gasteiger partial charge is 0.246 e. The number of hydrogen-bond acceptors (Lipinski definition) is 5. The van der Waals surface area contributed by atoms with Gasteiger partial charge in [-0.1, -0.05) is 36.4 Å². The fourth-order valence-corrected chi connectivity index (χ4v) is 2.44. The summed E-state index contributed by atoms with van der Waals surface area (Å²) in [5.74, 6) is -0.0707. The van der Waals surface area contributed by atoms with Gasteiger partial charge in [-0.05, 0) is 36.4 Å². The number of benzene rings is 3. The third kappa shape index (κ3) is 5.04. The summed E-state index contributed by atoms with van der Waals surface area (Å²) < 4.78 is 0. The van der Waals surface area contributed by atoms with E-state index in [2.05, 4.69) is 15.3 Å². The van der Waals surface area contributed by atoms with Gasteiger partial charge in [-0.15, -0.1) is 0 Å². The van der Waals surface area contributed by atoms with Gasteiger partial charge in [0, 0.05) is 23.6 Å². The topological polar surface area (TPSA) is 94.3 Å². The second-order valence-electron chi connectivity index (χ2n) is 5.91. The zero-order valence-electron chi connectivity index (χ0n) is 15.0. The largest absolute Gasteiger partial charge is 0.507 e. The van der Waals surface area contributed by atoms with Crippen molar-refractivity contribution in [2.24, 2.45) is 9.98 Å². The van der Waals surface area contributed by atoms with Crippen LogP contribution < -0.4 is 5.32 Å². The van der Waals surface area contributed by atoms with Gasteiger partial charge in [0.05, 0.1) is 11.4 Å². The molecule has 3 rings (SSSR count). The molecular weight excluding hydrogens is 354 g/mol. The Morgan fingerprint density at radius 2 is 1.39 bits per heavy atom. The Hall–Kier alpha value is -3.93. The molecule has 0 fully saturated rings. The van der Waals surface area contributed by atoms with Crippen LogP contribution >= 0.6 is 0 Å². The summed E-state index contributed by atoms with van der Waals surface area (Å²) in [5, 5.41) is 22.3. The van der Waals surface area contributed by atoms with E-state index in [0.29, 0.717) is 22.5 Å². The van der Waals surface area contributed by atoms with Crippen LogP contribution in [0.4, 0.5) is 11.4 Å². The Labute approximate surface area is 162 Å². The van der Waals surface area contributed by atoms with Crippen molar-refractivity contribution in [1.82, 2.24) is 0 Å². The first kappa shape index (κ1) is 18.8. The van der Waals surface area contributed by atoms with Crippen LogP contribution in [0.3, 0.4) is 0 Å². The molecule has 0 bridgehead atoms. The first-order valence-electron chi connectivity index (χ1n) is 8.62. The van der Waals surface area contributed by atoms with Crippen LogP contribution in [0.15, 0.2) is 82.8 Å². The third-order valence-corrected chi connectivity index (χ3v) is 3.86. The van der Waals surface area contributed by atoms with E-state index in [9.17, 15) is 15.0 Å². The summed E-state index contributed by atoms with van der Waals surface area (Å²) >= 11 is 0. The SMILES string of the molecule is O=C(CN=Cc1ccccc1O)Nc1ccccc1N=Cc1ccccc1O. The van der Waals surface area contributed by atoms with Gasteiger partial charge < -0.3 is 15.5 Å². The predicted octanol–water partition coefficient (Wildman–Crippen LogP) is 3.91. The molecule has 0 atom stereocenters. The van der Waals surface area contributed by atoms with E-state index in [1.54, 1.807) is 66.7 Å². The van der Waals surface area contributed by atoms with Gasteiger partial charge in [0.15, 0.2) is 0 Å². The number of nitrogens with one attached hydrogen (secondary N) is 1. The van der Waals surface area contributed by atoms with Crippen LogP contribution in [0.25, 0.3) is 0 Å². The molecule has 0 aliphatic heterocycles. The van der Waals surface area contributed by atoms with E-state index in [1.165, 1.54) is 12.4 Å². The second kappa shape index (κ2) is 9.14. The lowest BCUT2D eigenvalue weighted by atomic mass is 10.2. The quantitative estimate of drug-likeness (QED) is 0.572. The lowest BCUT2D eigenvalue weighted by Crippen LogP contribution is -2.15. The minimum atomic E-state index is -0.308. The number of rotatable bonds is 6. The molecule has 3 aromatic carbocycles. The zero-order chi connectivity index (χ0) is 19.8. The normalized spacial score (nSPS) is 11.1. The fourth-order valence-electron chi connectivity index (χ4n) is 2.44. The van der Waals surface area contributed by atoms with E-state index in [0.717, 1.165) is 0 Å². The number of hydrogen-bond donors (Lipinski definition) is 3. The molecule has 0 unspecified atom stereocenters. The Bertz CT molecular complexity index is 1030. The van der Waals surface area contributed by atoms with Crippen LogP contribution in [-0.2, 0) is 4.79 Å². The van der Waals surface area contributed by atoms with Crippen molar-refractivity contribution in [2.75, 3.05) is 11.9 Å². The molecule has 140 valence electrons. The molecule has 3 N–H and O–H groups in total. The van der Waals surface area contributed by atoms with E-state index in [4.69, 9.17) is 0 Å². The van der Waals surface area contributed by atoms with E-state index in [-0.39, 0.29) is 24.0 Å². The number of aliphatic imine (C=N–C) groups is 2. The first-order valence-corrected chi connectivity index (χ1v) is 8.62. The number of carbonyl (C=O) groups excluding carboxylic acids is 1. The summed E-state index contributed by atoms with van der Waals surface area (Å²) in [4.78, 5) is 20.6. The third-order valence-electron chi connectivity index (χ3n) is 3.86. The maximum absolute atomic E-state index is 12.2. The first-order chi connectivity index (χ1) is 13.6. The molecule has 0 spiro atoms. The van der Waals surface area contributed by atoms with Crippen LogP contribution in [0.1, 0.15) is 11.1 Å². The molecule has 0 saturated carbocycles. The number of nitrogens with zero attached hydrogens (tertiary/aromatic N) is 2. The molecule has 28 heavy (non-hydrogen) atoms. The molecule has 6 heteroatoms. The summed E-state index contributed by atoms with van der Waals surface area (Å²) in [7, 11) is 0. The molecular formula is C22H19N3O3. The summed E-state index contributed by atoms with van der Waals surface area (Å²) in [5.41, 5.74) is 2.22. The van der Waals surface area contributed by atoms with Crippen molar-refractivity contribution in [3.63, 3.8) is 0 Å². The van der Waals surface area contributed by atoms with Gasteiger partial charge in [0.1, 0.15) is 18.0 Å². The van der Waals surface area contributed by atoms with Crippen molar-refractivity contribution in [3.8, 4) is 11.5 Å². The predicted molar refractivity (Wildman–Crippen MR) is 111 cm³/mol. The molecule has 1 amide bonds. The van der Waals surface area contributed by atoms with Crippen LogP contribution in [0, 0.1) is 0 Å². The Morgan fingerprint density at radius 3 is 2.07 bits per heavy atom. The highest BCUT2D eigenvalue weighted by Gasteiger charge is 2.05. The average molecular weight is 373 g/mol. The van der Waals surface area contributed by atoms with E-state index in [1.807, 2.05) is 6.07 Å². The molecule has 0 aromatic heterocycles. The van der Waals surface area contributed by atoms with E-state index >= 15 is 0 Å². The molecule has 0 aliphatic carbocycles. The fraction of sp³-hybridized carbons (Fsp3) is 0.0455. The number of phenols is 2. The highest BCUT2D eigenvalue weighted by atomic mass is 16.3. The average Bonchev–Trinajstić information content (AvgIpc) is 2.70. The van der Waals surface area contributed by atoms with Gasteiger partial charge in [0.25, 0.3) is 0 Å². The lowest BCUT2D eigenvalue weighted by Gasteiger charge is -2.07. The Balaban J connectivity index is 1.67. The number of carbonyl (C=O) groups is 1. The molecule has 0 aliphatic rings. The number of anilines is 1. The van der Waals surface area contributed by atoms with E-state index < -0.39 is 0 Å². The molecule has 0 heterocycles. The van der Waals surface area contributed by atoms with Crippen LogP contribution in [0.2, 0.25) is 0 Å². The van der Waals surface area contributed by atoms with Gasteiger partial charge in [-0.3, -0.25) is 14.8 Å². The molecule has 6 nitrogen and oxygen atoms in total. The van der Waals surface area contributed by atoms with Crippen molar-refractivity contribution in [2.45, 2.75) is 0 Å². The zero-order valence-corrected chi connectivity index (χ0v) is 15.0. The molecule has 0 saturated heterocycles. The Kier molecular flexibility index (Phi) is 6.15. The van der Waals surface area contributed by atoms with Crippen molar-refractivity contribution < 1.29 is 15.0 Å². The minimum Gasteiger partial charge on any atom is -0.507 e. The van der Waals surface area contributed by atoms with Crippen LogP contribution in [0.5, 0.6) is 11.5 Å². The summed E-state index contributed by atoms with van der Waals surface area (Å²) in [6.45, 7) is -0.0914. The maximum atomic E-state index is 12.2. The second-order valence-corrected chi connectivity index (χ2v) is 5.91. The van der Waals surface area contributed by atoms with Gasteiger partial charge in [-0.2, -0.15) is 0 Å². The number of amides is 1. The highest BCUT2D eigenvalue weighted by molar-refractivity contribution is 5.97. The van der Waals surface area contributed by atoms with Crippen molar-refractivity contribution >= 4 is 29.7 Å². The van der Waals surface area contributed by atoms with Crippen molar-refractivity contribution in [1.29, 1.82) is 0 Å². The molecule has 3 aromatic rings. The summed E-state index contributed by atoms with van der Waals surface area (Å²) in [6.07, 6.45) is 2.99. The lowest BCUT2D eigenvalue weighted by molar-refractivity contribution is -0.114. The summed E-state index contributed by atoms with van der Waals surface area (Å²) in [6, 6.07) is 20.7. The standard InChI is InChI=1S/C22H19N3O3/c26-20-11-5-1-7-16(20)13-23-15-22(28)25-19-10-4-3-9-18(19)24-14-17-8-2-6-12-21(17)27/h1-14,26-27H,15H2,(H,25,28). The monoisotopic (exact) mass is 373 g/mol. The minimum absolute atomic E-state index is 0.0914.